The summed E-state index contributed by atoms with van der Waals surface area (Å²) in [5.41, 5.74) is 0.721. The number of benzene rings is 1. The molecular formula is C14H22N2O4S. The zero-order chi connectivity index (χ0) is 16.2. The number of aryl methyl sites for hydroxylation is 1. The maximum absolute atomic E-state index is 12.4. The summed E-state index contributed by atoms with van der Waals surface area (Å²) in [6, 6.07) is 4.57. The summed E-state index contributed by atoms with van der Waals surface area (Å²) in [6.45, 7) is 5.19. The van der Waals surface area contributed by atoms with Crippen LogP contribution in [-0.4, -0.2) is 45.4 Å². The van der Waals surface area contributed by atoms with E-state index in [1.807, 2.05) is 13.8 Å². The standard InChI is InChI=1S/C14H22N2O4S/c1-10(2)15-14(17)9-16(4)21(18,19)12-6-7-13(20-5)11(3)8-12/h6-8,10H,9H2,1-5H3,(H,15,17). The summed E-state index contributed by atoms with van der Waals surface area (Å²) < 4.78 is 31.0. The molecule has 0 aliphatic rings. The summed E-state index contributed by atoms with van der Waals surface area (Å²) in [7, 11) is -0.790. The molecule has 6 nitrogen and oxygen atoms in total. The first kappa shape index (κ1) is 17.5. The SMILES string of the molecule is COc1ccc(S(=O)(=O)N(C)CC(=O)NC(C)C)cc1C. The van der Waals surface area contributed by atoms with Crippen molar-refractivity contribution < 1.29 is 17.9 Å². The Morgan fingerprint density at radius 1 is 1.38 bits per heavy atom. The number of ether oxygens (including phenoxy) is 1. The number of hydrogen-bond acceptors (Lipinski definition) is 4. The van der Waals surface area contributed by atoms with E-state index in [1.54, 1.807) is 13.0 Å². The van der Waals surface area contributed by atoms with E-state index in [0.29, 0.717) is 5.75 Å². The van der Waals surface area contributed by atoms with Crippen LogP contribution in [0.1, 0.15) is 19.4 Å². The van der Waals surface area contributed by atoms with Crippen LogP contribution < -0.4 is 10.1 Å². The third kappa shape index (κ3) is 4.44. The molecule has 118 valence electrons. The summed E-state index contributed by atoms with van der Waals surface area (Å²) >= 11 is 0. The van der Waals surface area contributed by atoms with Crippen molar-refractivity contribution in [1.82, 2.24) is 9.62 Å². The van der Waals surface area contributed by atoms with Crippen LogP contribution in [0.5, 0.6) is 5.75 Å². The minimum absolute atomic E-state index is 0.0307. The highest BCUT2D eigenvalue weighted by Gasteiger charge is 2.23. The largest absolute Gasteiger partial charge is 0.496 e. The molecular weight excluding hydrogens is 292 g/mol. The second-order valence-electron chi connectivity index (χ2n) is 5.11. The molecule has 0 unspecified atom stereocenters. The van der Waals surface area contributed by atoms with Gasteiger partial charge in [-0.1, -0.05) is 0 Å². The molecule has 1 rings (SSSR count). The van der Waals surface area contributed by atoms with Crippen LogP contribution in [0.3, 0.4) is 0 Å². The molecule has 0 radical (unpaired) electrons. The van der Waals surface area contributed by atoms with E-state index in [0.717, 1.165) is 9.87 Å². The molecule has 0 saturated heterocycles. The van der Waals surface area contributed by atoms with Gasteiger partial charge in [0.25, 0.3) is 0 Å². The molecule has 0 aliphatic heterocycles. The van der Waals surface area contributed by atoms with Gasteiger partial charge in [-0.05, 0) is 44.5 Å². The van der Waals surface area contributed by atoms with Gasteiger partial charge in [0.2, 0.25) is 15.9 Å². The zero-order valence-electron chi connectivity index (χ0n) is 13.0. The fourth-order valence-electron chi connectivity index (χ4n) is 1.85. The van der Waals surface area contributed by atoms with Crippen LogP contribution in [0.4, 0.5) is 0 Å². The monoisotopic (exact) mass is 314 g/mol. The van der Waals surface area contributed by atoms with Crippen LogP contribution in [0.2, 0.25) is 0 Å². The minimum Gasteiger partial charge on any atom is -0.496 e. The Bertz CT molecular complexity index is 611. The Morgan fingerprint density at radius 3 is 2.48 bits per heavy atom. The Balaban J connectivity index is 2.94. The van der Waals surface area contributed by atoms with Crippen molar-refractivity contribution >= 4 is 15.9 Å². The van der Waals surface area contributed by atoms with Gasteiger partial charge in [-0.2, -0.15) is 4.31 Å². The van der Waals surface area contributed by atoms with E-state index in [4.69, 9.17) is 4.74 Å². The van der Waals surface area contributed by atoms with E-state index >= 15 is 0 Å². The number of likely N-dealkylation sites (N-methyl/N-ethyl adjacent to an activating group) is 1. The minimum atomic E-state index is -3.70. The highest BCUT2D eigenvalue weighted by molar-refractivity contribution is 7.89. The van der Waals surface area contributed by atoms with Crippen molar-refractivity contribution in [3.8, 4) is 5.75 Å². The highest BCUT2D eigenvalue weighted by atomic mass is 32.2. The number of nitrogens with one attached hydrogen (secondary N) is 1. The molecule has 0 spiro atoms. The fraction of sp³-hybridized carbons (Fsp3) is 0.500. The number of hydrogen-bond donors (Lipinski definition) is 1. The van der Waals surface area contributed by atoms with Crippen molar-refractivity contribution in [3.63, 3.8) is 0 Å². The number of nitrogens with zero attached hydrogens (tertiary/aromatic N) is 1. The van der Waals surface area contributed by atoms with Gasteiger partial charge in [0.15, 0.2) is 0 Å². The number of rotatable bonds is 6. The van der Waals surface area contributed by atoms with Crippen molar-refractivity contribution in [2.45, 2.75) is 31.7 Å². The zero-order valence-corrected chi connectivity index (χ0v) is 13.8. The van der Waals surface area contributed by atoms with Crippen LogP contribution in [0.25, 0.3) is 0 Å². The first-order chi connectivity index (χ1) is 9.68. The van der Waals surface area contributed by atoms with Gasteiger partial charge < -0.3 is 10.1 Å². The van der Waals surface area contributed by atoms with Crippen molar-refractivity contribution in [2.75, 3.05) is 20.7 Å². The first-order valence-electron chi connectivity index (χ1n) is 6.58. The Kier molecular flexibility index (Phi) is 5.74. The van der Waals surface area contributed by atoms with Crippen LogP contribution >= 0.6 is 0 Å². The molecule has 0 aliphatic carbocycles. The highest BCUT2D eigenvalue weighted by Crippen LogP contribution is 2.23. The van der Waals surface area contributed by atoms with Gasteiger partial charge in [0, 0.05) is 13.1 Å². The maximum Gasteiger partial charge on any atom is 0.243 e. The van der Waals surface area contributed by atoms with E-state index in [9.17, 15) is 13.2 Å². The molecule has 0 atom stereocenters. The molecule has 0 saturated carbocycles. The molecule has 1 amide bonds. The smallest absolute Gasteiger partial charge is 0.243 e. The van der Waals surface area contributed by atoms with Crippen molar-refractivity contribution in [1.29, 1.82) is 0 Å². The second kappa shape index (κ2) is 6.91. The number of carbonyl (C=O) groups is 1. The molecule has 21 heavy (non-hydrogen) atoms. The molecule has 1 N–H and O–H groups in total. The predicted octanol–water partition coefficient (Wildman–Crippen LogP) is 1.15. The molecule has 0 bridgehead atoms. The predicted molar refractivity (Wildman–Crippen MR) is 80.8 cm³/mol. The van der Waals surface area contributed by atoms with E-state index < -0.39 is 10.0 Å². The molecule has 7 heteroatoms. The van der Waals surface area contributed by atoms with Gasteiger partial charge in [-0.25, -0.2) is 8.42 Å². The third-order valence-corrected chi connectivity index (χ3v) is 4.69. The normalized spacial score (nSPS) is 11.8. The van der Waals surface area contributed by atoms with E-state index in [-0.39, 0.29) is 23.4 Å². The summed E-state index contributed by atoms with van der Waals surface area (Å²) in [6.07, 6.45) is 0. The lowest BCUT2D eigenvalue weighted by atomic mass is 10.2. The molecule has 0 fully saturated rings. The topological polar surface area (TPSA) is 75.7 Å². The molecule has 0 aromatic heterocycles. The number of sulfonamides is 1. The van der Waals surface area contributed by atoms with Gasteiger partial charge in [-0.3, -0.25) is 4.79 Å². The first-order valence-corrected chi connectivity index (χ1v) is 8.02. The van der Waals surface area contributed by atoms with Gasteiger partial charge in [-0.15, -0.1) is 0 Å². The fourth-order valence-corrected chi connectivity index (χ4v) is 3.06. The third-order valence-electron chi connectivity index (χ3n) is 2.89. The summed E-state index contributed by atoms with van der Waals surface area (Å²) in [5.74, 6) is 0.287. The van der Waals surface area contributed by atoms with E-state index in [1.165, 1.54) is 26.3 Å². The lowest BCUT2D eigenvalue weighted by Gasteiger charge is -2.18. The molecule has 0 heterocycles. The Hall–Kier alpha value is -1.60. The second-order valence-corrected chi connectivity index (χ2v) is 7.16. The maximum atomic E-state index is 12.4. The molecule has 1 aromatic rings. The van der Waals surface area contributed by atoms with Crippen LogP contribution in [0, 0.1) is 6.92 Å². The average Bonchev–Trinajstić information content (AvgIpc) is 2.37. The lowest BCUT2D eigenvalue weighted by molar-refractivity contribution is -0.121. The quantitative estimate of drug-likeness (QED) is 0.854. The van der Waals surface area contributed by atoms with Crippen molar-refractivity contribution in [2.24, 2.45) is 0 Å². The van der Waals surface area contributed by atoms with Gasteiger partial charge in [0.05, 0.1) is 18.6 Å². The van der Waals surface area contributed by atoms with Gasteiger partial charge >= 0.3 is 0 Å². The number of carbonyl (C=O) groups excluding carboxylic acids is 1. The summed E-state index contributed by atoms with van der Waals surface area (Å²) in [5, 5.41) is 2.66. The average molecular weight is 314 g/mol. The van der Waals surface area contributed by atoms with Crippen LogP contribution in [0.15, 0.2) is 23.1 Å². The lowest BCUT2D eigenvalue weighted by Crippen LogP contribution is -2.40. The van der Waals surface area contributed by atoms with Crippen LogP contribution in [-0.2, 0) is 14.8 Å². The number of amides is 1. The Morgan fingerprint density at radius 2 is 2.00 bits per heavy atom. The number of methoxy groups -OCH3 is 1. The van der Waals surface area contributed by atoms with Gasteiger partial charge in [0.1, 0.15) is 5.75 Å². The Labute approximate surface area is 126 Å². The summed E-state index contributed by atoms with van der Waals surface area (Å²) in [4.78, 5) is 11.8. The molecule has 1 aromatic carbocycles. The van der Waals surface area contributed by atoms with Crippen molar-refractivity contribution in [3.05, 3.63) is 23.8 Å². The van der Waals surface area contributed by atoms with E-state index in [2.05, 4.69) is 5.32 Å².